The monoisotopic (exact) mass is 382 g/mol. The maximum absolute atomic E-state index is 13.2. The first-order chi connectivity index (χ1) is 9.72. The van der Waals surface area contributed by atoms with Crippen LogP contribution in [0, 0.1) is 11.7 Å². The summed E-state index contributed by atoms with van der Waals surface area (Å²) in [5.41, 5.74) is 5.15. The highest BCUT2D eigenvalue weighted by molar-refractivity contribution is 9.10. The molecule has 120 valence electrons. The third kappa shape index (κ3) is 4.64. The normalized spacial score (nSPS) is 13.6. The van der Waals surface area contributed by atoms with Crippen molar-refractivity contribution in [3.05, 3.63) is 22.4 Å². The van der Waals surface area contributed by atoms with Crippen molar-refractivity contribution in [2.24, 2.45) is 5.92 Å². The zero-order valence-electron chi connectivity index (χ0n) is 11.9. The number of anilines is 1. The minimum atomic E-state index is -3.88. The molecule has 5 nitrogen and oxygen atoms in total. The number of halogens is 2. The van der Waals surface area contributed by atoms with Crippen LogP contribution in [0.25, 0.3) is 0 Å². The lowest BCUT2D eigenvalue weighted by molar-refractivity contribution is 0.107. The summed E-state index contributed by atoms with van der Waals surface area (Å²) >= 11 is 3.00. The molecule has 1 aromatic carbocycles. The van der Waals surface area contributed by atoms with Crippen molar-refractivity contribution >= 4 is 31.6 Å². The van der Waals surface area contributed by atoms with Crippen LogP contribution in [0.4, 0.5) is 10.1 Å². The second-order valence-electron chi connectivity index (χ2n) is 4.80. The van der Waals surface area contributed by atoms with Crippen LogP contribution in [0.5, 0.6) is 0 Å². The van der Waals surface area contributed by atoms with Crippen molar-refractivity contribution in [2.75, 3.05) is 12.3 Å². The van der Waals surface area contributed by atoms with Crippen LogP contribution in [0.15, 0.2) is 21.5 Å². The van der Waals surface area contributed by atoms with E-state index >= 15 is 0 Å². The third-order valence-electron chi connectivity index (χ3n) is 3.42. The molecule has 0 heterocycles. The Kier molecular flexibility index (Phi) is 6.58. The van der Waals surface area contributed by atoms with Crippen LogP contribution in [-0.4, -0.2) is 26.2 Å². The first-order valence-electron chi connectivity index (χ1n) is 6.65. The van der Waals surface area contributed by atoms with Crippen molar-refractivity contribution in [3.8, 4) is 0 Å². The Morgan fingerprint density at radius 3 is 2.48 bits per heavy atom. The third-order valence-corrected chi connectivity index (χ3v) is 5.80. The largest absolute Gasteiger partial charge is 0.396 e. The van der Waals surface area contributed by atoms with Crippen LogP contribution < -0.4 is 10.5 Å². The molecule has 0 aliphatic rings. The minimum Gasteiger partial charge on any atom is -0.396 e. The molecule has 1 atom stereocenters. The average molecular weight is 383 g/mol. The smallest absolute Gasteiger partial charge is 0.241 e. The summed E-state index contributed by atoms with van der Waals surface area (Å²) in [4.78, 5) is -0.154. The van der Waals surface area contributed by atoms with Crippen LogP contribution >= 0.6 is 15.9 Å². The molecule has 0 radical (unpaired) electrons. The summed E-state index contributed by atoms with van der Waals surface area (Å²) in [7, 11) is -3.88. The molecule has 0 bridgehead atoms. The van der Waals surface area contributed by atoms with Gasteiger partial charge in [0.25, 0.3) is 0 Å². The Bertz CT molecular complexity index is 591. The number of aliphatic hydroxyl groups excluding tert-OH is 1. The van der Waals surface area contributed by atoms with Gasteiger partial charge in [-0.1, -0.05) is 26.7 Å². The highest BCUT2D eigenvalue weighted by atomic mass is 79.9. The zero-order chi connectivity index (χ0) is 16.2. The van der Waals surface area contributed by atoms with E-state index in [2.05, 4.69) is 20.7 Å². The molecule has 0 saturated heterocycles. The number of rotatable bonds is 7. The fraction of sp³-hybridized carbons (Fsp3) is 0.538. The fourth-order valence-corrected chi connectivity index (χ4v) is 4.12. The standard InChI is InChI=1S/C13H20BrFN2O3S/c1-3-8(4-2)12(18)7-17-21(19,20)13-6-11(16)10(15)5-9(13)14/h5-6,8,12,17-18H,3-4,7,16H2,1-2H3. The van der Waals surface area contributed by atoms with E-state index in [9.17, 15) is 17.9 Å². The highest BCUT2D eigenvalue weighted by Crippen LogP contribution is 2.26. The summed E-state index contributed by atoms with van der Waals surface area (Å²) in [5.74, 6) is -0.674. The van der Waals surface area contributed by atoms with Crippen molar-refractivity contribution in [3.63, 3.8) is 0 Å². The van der Waals surface area contributed by atoms with Crippen LogP contribution in [0.3, 0.4) is 0 Å². The van der Waals surface area contributed by atoms with E-state index in [0.29, 0.717) is 0 Å². The van der Waals surface area contributed by atoms with Crippen molar-refractivity contribution in [2.45, 2.75) is 37.7 Å². The van der Waals surface area contributed by atoms with Gasteiger partial charge in [-0.15, -0.1) is 0 Å². The molecule has 0 spiro atoms. The van der Waals surface area contributed by atoms with Crippen molar-refractivity contribution in [1.29, 1.82) is 0 Å². The minimum absolute atomic E-state index is 0.0226. The molecule has 0 aliphatic carbocycles. The van der Waals surface area contributed by atoms with E-state index < -0.39 is 21.9 Å². The van der Waals surface area contributed by atoms with Crippen molar-refractivity contribution < 1.29 is 17.9 Å². The van der Waals surface area contributed by atoms with Gasteiger partial charge >= 0.3 is 0 Å². The highest BCUT2D eigenvalue weighted by Gasteiger charge is 2.23. The predicted molar refractivity (Wildman–Crippen MR) is 83.8 cm³/mol. The Balaban J connectivity index is 2.90. The van der Waals surface area contributed by atoms with Gasteiger partial charge in [0.15, 0.2) is 0 Å². The lowest BCUT2D eigenvalue weighted by Crippen LogP contribution is -2.36. The van der Waals surface area contributed by atoms with E-state index in [4.69, 9.17) is 5.73 Å². The van der Waals surface area contributed by atoms with Gasteiger partial charge in [0.05, 0.1) is 16.7 Å². The summed E-state index contributed by atoms with van der Waals surface area (Å²) < 4.78 is 40.0. The number of nitrogen functional groups attached to an aromatic ring is 1. The van der Waals surface area contributed by atoms with Gasteiger partial charge < -0.3 is 10.8 Å². The molecule has 0 aliphatic heterocycles. The van der Waals surface area contributed by atoms with Crippen LogP contribution in [0.2, 0.25) is 0 Å². The second-order valence-corrected chi connectivity index (χ2v) is 7.39. The molecule has 0 amide bonds. The molecule has 0 saturated carbocycles. The number of benzene rings is 1. The maximum atomic E-state index is 13.2. The number of hydrogen-bond donors (Lipinski definition) is 3. The molecule has 0 fully saturated rings. The van der Waals surface area contributed by atoms with E-state index in [0.717, 1.165) is 25.0 Å². The second kappa shape index (κ2) is 7.53. The molecule has 0 aromatic heterocycles. The number of aliphatic hydroxyl groups is 1. The van der Waals surface area contributed by atoms with Gasteiger partial charge in [0, 0.05) is 11.0 Å². The van der Waals surface area contributed by atoms with Gasteiger partial charge in [0.1, 0.15) is 5.82 Å². The first kappa shape index (κ1) is 18.3. The van der Waals surface area contributed by atoms with Gasteiger partial charge in [-0.25, -0.2) is 17.5 Å². The van der Waals surface area contributed by atoms with Crippen LogP contribution in [0.1, 0.15) is 26.7 Å². The molecule has 1 aromatic rings. The zero-order valence-corrected chi connectivity index (χ0v) is 14.3. The van der Waals surface area contributed by atoms with E-state index in [1.807, 2.05) is 13.8 Å². The van der Waals surface area contributed by atoms with Gasteiger partial charge in [0.2, 0.25) is 10.0 Å². The van der Waals surface area contributed by atoms with Gasteiger partial charge in [-0.05, 0) is 34.0 Å². The Labute approximate surface area is 132 Å². The van der Waals surface area contributed by atoms with Gasteiger partial charge in [-0.3, -0.25) is 0 Å². The Hall–Kier alpha value is -0.700. The van der Waals surface area contributed by atoms with Crippen molar-refractivity contribution in [1.82, 2.24) is 4.72 Å². The molecule has 21 heavy (non-hydrogen) atoms. The number of hydrogen-bond acceptors (Lipinski definition) is 4. The number of nitrogens with two attached hydrogens (primary N) is 1. The molecule has 4 N–H and O–H groups in total. The quantitative estimate of drug-likeness (QED) is 0.630. The summed E-state index contributed by atoms with van der Waals surface area (Å²) in [6.07, 6.45) is 0.741. The predicted octanol–water partition coefficient (Wildman–Crippen LogP) is 2.25. The van der Waals surface area contributed by atoms with E-state index in [1.54, 1.807) is 0 Å². The Morgan fingerprint density at radius 2 is 1.95 bits per heavy atom. The lowest BCUT2D eigenvalue weighted by atomic mass is 9.97. The molecular formula is C13H20BrFN2O3S. The van der Waals surface area contributed by atoms with E-state index in [-0.39, 0.29) is 27.5 Å². The molecule has 1 rings (SSSR count). The molecule has 8 heteroatoms. The van der Waals surface area contributed by atoms with Gasteiger partial charge in [-0.2, -0.15) is 0 Å². The number of sulfonamides is 1. The average Bonchev–Trinajstić information content (AvgIpc) is 2.42. The van der Waals surface area contributed by atoms with E-state index in [1.165, 1.54) is 0 Å². The Morgan fingerprint density at radius 1 is 1.38 bits per heavy atom. The fourth-order valence-electron chi connectivity index (χ4n) is 2.02. The summed E-state index contributed by atoms with van der Waals surface area (Å²) in [6.45, 7) is 3.77. The molecule has 1 unspecified atom stereocenters. The molecular weight excluding hydrogens is 363 g/mol. The van der Waals surface area contributed by atoms with Crippen LogP contribution in [-0.2, 0) is 10.0 Å². The summed E-state index contributed by atoms with van der Waals surface area (Å²) in [6, 6.07) is 2.05. The number of nitrogens with one attached hydrogen (secondary N) is 1. The lowest BCUT2D eigenvalue weighted by Gasteiger charge is -2.20. The first-order valence-corrected chi connectivity index (χ1v) is 8.92. The topological polar surface area (TPSA) is 92.4 Å². The SMILES string of the molecule is CCC(CC)C(O)CNS(=O)(=O)c1cc(N)c(F)cc1Br. The maximum Gasteiger partial charge on any atom is 0.241 e. The summed E-state index contributed by atoms with van der Waals surface area (Å²) in [5, 5.41) is 9.96.